The van der Waals surface area contributed by atoms with E-state index in [1.165, 1.54) is 0 Å². The maximum Gasteiger partial charge on any atom is 0.220 e. The molecular formula is C16H23N3O2. The van der Waals surface area contributed by atoms with Crippen LogP contribution in [0.4, 0.5) is 0 Å². The van der Waals surface area contributed by atoms with Gasteiger partial charge in [-0.05, 0) is 32.4 Å². The zero-order valence-corrected chi connectivity index (χ0v) is 12.7. The van der Waals surface area contributed by atoms with Crippen LogP contribution in [0.25, 0.3) is 11.0 Å². The summed E-state index contributed by atoms with van der Waals surface area (Å²) >= 11 is 0. The Kier molecular flexibility index (Phi) is 5.75. The number of rotatable bonds is 8. The smallest absolute Gasteiger partial charge is 0.220 e. The third kappa shape index (κ3) is 5.19. The molecule has 5 heteroatoms. The average Bonchev–Trinajstić information content (AvgIpc) is 2.87. The molecule has 0 radical (unpaired) electrons. The molecule has 1 heterocycles. The second-order valence-electron chi connectivity index (χ2n) is 5.32. The van der Waals surface area contributed by atoms with Crippen LogP contribution >= 0.6 is 0 Å². The lowest BCUT2D eigenvalue weighted by Crippen LogP contribution is -2.25. The van der Waals surface area contributed by atoms with Crippen molar-refractivity contribution in [1.29, 1.82) is 0 Å². The molecule has 5 nitrogen and oxygen atoms in total. The van der Waals surface area contributed by atoms with Crippen molar-refractivity contribution in [3.05, 3.63) is 30.1 Å². The van der Waals surface area contributed by atoms with Gasteiger partial charge in [0.15, 0.2) is 0 Å². The Morgan fingerprint density at radius 1 is 1.38 bits per heavy atom. The van der Waals surface area contributed by atoms with Crippen molar-refractivity contribution in [1.82, 2.24) is 15.3 Å². The molecule has 0 fully saturated rings. The first kappa shape index (κ1) is 15.5. The SMILES string of the molecule is CC(C)OCCCNC(=O)CCc1nc2ccccc2[nH]1. The number of amides is 1. The van der Waals surface area contributed by atoms with Crippen molar-refractivity contribution in [2.45, 2.75) is 39.2 Å². The monoisotopic (exact) mass is 289 g/mol. The maximum atomic E-state index is 11.7. The van der Waals surface area contributed by atoms with Crippen LogP contribution < -0.4 is 5.32 Å². The number of fused-ring (bicyclic) bond motifs is 1. The molecule has 21 heavy (non-hydrogen) atoms. The number of hydrogen-bond donors (Lipinski definition) is 2. The van der Waals surface area contributed by atoms with Gasteiger partial charge in [0, 0.05) is 26.0 Å². The van der Waals surface area contributed by atoms with E-state index in [2.05, 4.69) is 15.3 Å². The Hall–Kier alpha value is -1.88. The molecule has 1 amide bonds. The summed E-state index contributed by atoms with van der Waals surface area (Å²) < 4.78 is 5.42. The van der Waals surface area contributed by atoms with Crippen LogP contribution in [0.15, 0.2) is 24.3 Å². The normalized spacial score (nSPS) is 11.2. The van der Waals surface area contributed by atoms with E-state index in [9.17, 15) is 4.79 Å². The Bertz CT molecular complexity index is 545. The molecule has 0 spiro atoms. The summed E-state index contributed by atoms with van der Waals surface area (Å²) in [5.74, 6) is 0.912. The number of nitrogens with one attached hydrogen (secondary N) is 2. The standard InChI is InChI=1S/C16H23N3O2/c1-12(2)21-11-5-10-17-16(20)9-8-15-18-13-6-3-4-7-14(13)19-15/h3-4,6-7,12H,5,8-11H2,1-2H3,(H,17,20)(H,18,19). The largest absolute Gasteiger partial charge is 0.379 e. The summed E-state index contributed by atoms with van der Waals surface area (Å²) in [6.07, 6.45) is 2.16. The summed E-state index contributed by atoms with van der Waals surface area (Å²) in [5, 5.41) is 2.90. The first-order valence-corrected chi connectivity index (χ1v) is 7.47. The summed E-state index contributed by atoms with van der Waals surface area (Å²) in [6.45, 7) is 5.35. The number of aryl methyl sites for hydroxylation is 1. The molecule has 0 saturated heterocycles. The molecule has 0 aliphatic heterocycles. The molecule has 1 aromatic heterocycles. The van der Waals surface area contributed by atoms with E-state index in [4.69, 9.17) is 4.74 Å². The van der Waals surface area contributed by atoms with Gasteiger partial charge >= 0.3 is 0 Å². The highest BCUT2D eigenvalue weighted by atomic mass is 16.5. The molecule has 0 atom stereocenters. The van der Waals surface area contributed by atoms with Gasteiger partial charge in [-0.2, -0.15) is 0 Å². The number of benzene rings is 1. The first-order valence-electron chi connectivity index (χ1n) is 7.47. The fourth-order valence-electron chi connectivity index (χ4n) is 2.06. The number of carbonyl (C=O) groups is 1. The van der Waals surface area contributed by atoms with Gasteiger partial charge in [0.25, 0.3) is 0 Å². The molecule has 2 aromatic rings. The molecule has 1 aromatic carbocycles. The predicted octanol–water partition coefficient (Wildman–Crippen LogP) is 2.43. The van der Waals surface area contributed by atoms with Crippen LogP contribution in [0.3, 0.4) is 0 Å². The first-order chi connectivity index (χ1) is 10.1. The average molecular weight is 289 g/mol. The van der Waals surface area contributed by atoms with Crippen molar-refractivity contribution in [2.75, 3.05) is 13.2 Å². The fourth-order valence-corrected chi connectivity index (χ4v) is 2.06. The number of aromatic nitrogens is 2. The number of H-pyrrole nitrogens is 1. The van der Waals surface area contributed by atoms with Gasteiger partial charge in [0.1, 0.15) is 5.82 Å². The number of nitrogens with zero attached hydrogens (tertiary/aromatic N) is 1. The number of hydrogen-bond acceptors (Lipinski definition) is 3. The van der Waals surface area contributed by atoms with Crippen LogP contribution in [-0.4, -0.2) is 35.1 Å². The summed E-state index contributed by atoms with van der Waals surface area (Å²) in [5.41, 5.74) is 1.96. The third-order valence-electron chi connectivity index (χ3n) is 3.12. The van der Waals surface area contributed by atoms with Gasteiger partial charge in [0.05, 0.1) is 17.1 Å². The number of carbonyl (C=O) groups excluding carboxylic acids is 1. The predicted molar refractivity (Wildman–Crippen MR) is 83.1 cm³/mol. The lowest BCUT2D eigenvalue weighted by atomic mass is 10.3. The van der Waals surface area contributed by atoms with E-state index in [1.807, 2.05) is 38.1 Å². The zero-order chi connectivity index (χ0) is 15.1. The highest BCUT2D eigenvalue weighted by Gasteiger charge is 2.05. The molecule has 0 unspecified atom stereocenters. The van der Waals surface area contributed by atoms with Crippen LogP contribution in [0.1, 0.15) is 32.5 Å². The lowest BCUT2D eigenvalue weighted by Gasteiger charge is -2.08. The fraction of sp³-hybridized carbons (Fsp3) is 0.500. The van der Waals surface area contributed by atoms with E-state index in [0.717, 1.165) is 23.3 Å². The van der Waals surface area contributed by atoms with Gasteiger partial charge in [-0.15, -0.1) is 0 Å². The van der Waals surface area contributed by atoms with E-state index in [0.29, 0.717) is 26.0 Å². The van der Waals surface area contributed by atoms with Gasteiger partial charge in [-0.1, -0.05) is 12.1 Å². The van der Waals surface area contributed by atoms with E-state index >= 15 is 0 Å². The van der Waals surface area contributed by atoms with E-state index in [1.54, 1.807) is 0 Å². The lowest BCUT2D eigenvalue weighted by molar-refractivity contribution is -0.121. The molecule has 114 valence electrons. The minimum Gasteiger partial charge on any atom is -0.379 e. The molecule has 0 aliphatic rings. The van der Waals surface area contributed by atoms with Gasteiger partial charge in [0.2, 0.25) is 5.91 Å². The minimum atomic E-state index is 0.0556. The Labute approximate surface area is 125 Å². The van der Waals surface area contributed by atoms with Gasteiger partial charge < -0.3 is 15.0 Å². The minimum absolute atomic E-state index is 0.0556. The molecule has 0 saturated carbocycles. The third-order valence-corrected chi connectivity index (χ3v) is 3.12. The summed E-state index contributed by atoms with van der Waals surface area (Å²) in [6, 6.07) is 7.87. The highest BCUT2D eigenvalue weighted by molar-refractivity contribution is 5.77. The number of para-hydroxylation sites is 2. The van der Waals surface area contributed by atoms with Crippen molar-refractivity contribution in [2.24, 2.45) is 0 Å². The van der Waals surface area contributed by atoms with E-state index < -0.39 is 0 Å². The molecule has 0 bridgehead atoms. The number of aromatic amines is 1. The zero-order valence-electron chi connectivity index (χ0n) is 12.7. The molecule has 2 rings (SSSR count). The topological polar surface area (TPSA) is 67.0 Å². The summed E-state index contributed by atoms with van der Waals surface area (Å²) in [7, 11) is 0. The van der Waals surface area contributed by atoms with Crippen molar-refractivity contribution in [3.63, 3.8) is 0 Å². The Morgan fingerprint density at radius 3 is 2.95 bits per heavy atom. The Morgan fingerprint density at radius 2 is 2.19 bits per heavy atom. The van der Waals surface area contributed by atoms with Crippen LogP contribution in [0.2, 0.25) is 0 Å². The summed E-state index contributed by atoms with van der Waals surface area (Å²) in [4.78, 5) is 19.4. The second-order valence-corrected chi connectivity index (χ2v) is 5.32. The van der Waals surface area contributed by atoms with Crippen molar-refractivity contribution < 1.29 is 9.53 Å². The van der Waals surface area contributed by atoms with Gasteiger partial charge in [-0.3, -0.25) is 4.79 Å². The van der Waals surface area contributed by atoms with Crippen LogP contribution in [0.5, 0.6) is 0 Å². The Balaban J connectivity index is 1.66. The quantitative estimate of drug-likeness (QED) is 0.733. The highest BCUT2D eigenvalue weighted by Crippen LogP contribution is 2.11. The van der Waals surface area contributed by atoms with Crippen molar-refractivity contribution >= 4 is 16.9 Å². The molecular weight excluding hydrogens is 266 g/mol. The maximum absolute atomic E-state index is 11.7. The second kappa shape index (κ2) is 7.78. The van der Waals surface area contributed by atoms with Crippen LogP contribution in [-0.2, 0) is 16.0 Å². The molecule has 2 N–H and O–H groups in total. The van der Waals surface area contributed by atoms with Crippen molar-refractivity contribution in [3.8, 4) is 0 Å². The number of imidazole rings is 1. The number of ether oxygens (including phenoxy) is 1. The van der Waals surface area contributed by atoms with E-state index in [-0.39, 0.29) is 12.0 Å². The van der Waals surface area contributed by atoms with Crippen LogP contribution in [0, 0.1) is 0 Å². The molecule has 0 aliphatic carbocycles. The van der Waals surface area contributed by atoms with Gasteiger partial charge in [-0.25, -0.2) is 4.98 Å².